The lowest BCUT2D eigenvalue weighted by Crippen LogP contribution is -2.64. The molecule has 0 radical (unpaired) electrons. The highest BCUT2D eigenvalue weighted by Crippen LogP contribution is 2.42. The third kappa shape index (κ3) is 4.64. The molecular formula is C26H34FN7O. The summed E-state index contributed by atoms with van der Waals surface area (Å²) in [6.45, 7) is 5.35. The van der Waals surface area contributed by atoms with Crippen molar-refractivity contribution < 1.29 is 9.18 Å². The zero-order valence-corrected chi connectivity index (χ0v) is 20.2. The molecule has 2 aromatic heterocycles. The smallest absolute Gasteiger partial charge is 0.317 e. The highest BCUT2D eigenvalue weighted by molar-refractivity contribution is 5.76. The number of hydrogen-bond donors (Lipinski definition) is 3. The molecule has 4 fully saturated rings. The quantitative estimate of drug-likeness (QED) is 0.625. The van der Waals surface area contributed by atoms with Crippen molar-refractivity contribution in [2.24, 2.45) is 11.8 Å². The monoisotopic (exact) mass is 479 g/mol. The summed E-state index contributed by atoms with van der Waals surface area (Å²) < 4.78 is 13.2. The van der Waals surface area contributed by atoms with Gasteiger partial charge in [-0.2, -0.15) is 0 Å². The predicted molar refractivity (Wildman–Crippen MR) is 130 cm³/mol. The minimum atomic E-state index is -0.312. The van der Waals surface area contributed by atoms with E-state index in [1.165, 1.54) is 17.8 Å². The maximum atomic E-state index is 13.2. The summed E-state index contributed by atoms with van der Waals surface area (Å²) in [6.07, 6.45) is 7.27. The summed E-state index contributed by atoms with van der Waals surface area (Å²) in [5.74, 6) is 0.617. The van der Waals surface area contributed by atoms with E-state index in [4.69, 9.17) is 0 Å². The van der Waals surface area contributed by atoms with Crippen LogP contribution in [0.3, 0.4) is 0 Å². The number of hydrazine groups is 1. The van der Waals surface area contributed by atoms with Crippen molar-refractivity contribution in [1.82, 2.24) is 35.9 Å². The van der Waals surface area contributed by atoms with Crippen molar-refractivity contribution in [3.63, 3.8) is 0 Å². The van der Waals surface area contributed by atoms with Gasteiger partial charge in [0.15, 0.2) is 0 Å². The number of amides is 2. The molecule has 3 saturated heterocycles. The van der Waals surface area contributed by atoms with Crippen molar-refractivity contribution in [1.29, 1.82) is 0 Å². The van der Waals surface area contributed by atoms with E-state index in [0.717, 1.165) is 56.7 Å². The average Bonchev–Trinajstić information content (AvgIpc) is 3.26. The van der Waals surface area contributed by atoms with Crippen molar-refractivity contribution in [3.8, 4) is 0 Å². The van der Waals surface area contributed by atoms with Gasteiger partial charge in [-0.05, 0) is 80.8 Å². The number of rotatable bonds is 4. The third-order valence-electron chi connectivity index (χ3n) is 8.40. The Balaban J connectivity index is 1.12. The van der Waals surface area contributed by atoms with E-state index in [0.29, 0.717) is 24.4 Å². The number of halogens is 1. The minimum absolute atomic E-state index is 0.0729. The summed E-state index contributed by atoms with van der Waals surface area (Å²) in [5.41, 5.74) is 10.2. The van der Waals surface area contributed by atoms with Gasteiger partial charge in [-0.15, -0.1) is 0 Å². The van der Waals surface area contributed by atoms with Gasteiger partial charge >= 0.3 is 6.03 Å². The molecule has 5 unspecified atom stereocenters. The van der Waals surface area contributed by atoms with Crippen LogP contribution in [0, 0.1) is 24.6 Å². The van der Waals surface area contributed by atoms with Crippen LogP contribution < -0.4 is 16.2 Å². The highest BCUT2D eigenvalue weighted by atomic mass is 19.1. The molecule has 1 saturated carbocycles. The standard InChI is InChI=1S/C26H34FN7O/c1-16-9-17(6-7-28-16)25-22-10-18-13-34(26(35)30-23(18)11-24(22)31-32-25)21-3-2-8-33(15-21)14-20-5-4-19(27)12-29-20/h4-7,9,12,18,21-25,31-32H,2-3,8,10-11,13-15H2,1H3,(H,30,35)/t18?,21-,22?,23?,24?,25?/m1/s1. The minimum Gasteiger partial charge on any atom is -0.335 e. The molecule has 0 aromatic carbocycles. The number of carbonyl (C=O) groups is 1. The fourth-order valence-corrected chi connectivity index (χ4v) is 6.68. The Labute approximate surface area is 205 Å². The van der Waals surface area contributed by atoms with Crippen LogP contribution in [-0.2, 0) is 6.54 Å². The summed E-state index contributed by atoms with van der Waals surface area (Å²) in [7, 11) is 0. The Morgan fingerprint density at radius 2 is 2.03 bits per heavy atom. The van der Waals surface area contributed by atoms with Crippen LogP contribution in [0.15, 0.2) is 36.7 Å². The van der Waals surface area contributed by atoms with E-state index in [1.807, 2.05) is 13.1 Å². The predicted octanol–water partition coefficient (Wildman–Crippen LogP) is 2.53. The molecule has 6 rings (SSSR count). The fraction of sp³-hybridized carbons (Fsp3) is 0.577. The van der Waals surface area contributed by atoms with E-state index in [-0.39, 0.29) is 30.0 Å². The molecule has 0 spiro atoms. The van der Waals surface area contributed by atoms with E-state index < -0.39 is 0 Å². The van der Waals surface area contributed by atoms with Crippen molar-refractivity contribution >= 4 is 6.03 Å². The van der Waals surface area contributed by atoms with E-state index >= 15 is 0 Å². The van der Waals surface area contributed by atoms with Crippen molar-refractivity contribution in [3.05, 3.63) is 59.4 Å². The summed E-state index contributed by atoms with van der Waals surface area (Å²) >= 11 is 0. The van der Waals surface area contributed by atoms with Crippen LogP contribution in [0.1, 0.15) is 48.7 Å². The zero-order valence-electron chi connectivity index (χ0n) is 20.2. The number of piperidine rings is 1. The normalized spacial score (nSPS) is 33.2. The number of hydrogen-bond acceptors (Lipinski definition) is 6. The number of urea groups is 1. The van der Waals surface area contributed by atoms with Crippen LogP contribution in [0.2, 0.25) is 0 Å². The molecule has 3 aliphatic heterocycles. The maximum absolute atomic E-state index is 13.2. The fourth-order valence-electron chi connectivity index (χ4n) is 6.68. The molecule has 9 heteroatoms. The molecule has 6 atom stereocenters. The van der Waals surface area contributed by atoms with Crippen LogP contribution >= 0.6 is 0 Å². The largest absolute Gasteiger partial charge is 0.335 e. The topological polar surface area (TPSA) is 85.4 Å². The molecule has 0 bridgehead atoms. The number of carbonyl (C=O) groups excluding carboxylic acids is 1. The van der Waals surface area contributed by atoms with Gasteiger partial charge in [-0.25, -0.2) is 14.6 Å². The molecule has 186 valence electrons. The summed E-state index contributed by atoms with van der Waals surface area (Å²) in [4.78, 5) is 26.2. The number of fused-ring (bicyclic) bond motifs is 2. The Hall–Kier alpha value is -2.62. The van der Waals surface area contributed by atoms with Crippen molar-refractivity contribution in [2.45, 2.75) is 63.3 Å². The molecule has 8 nitrogen and oxygen atoms in total. The number of pyridine rings is 2. The second-order valence-corrected chi connectivity index (χ2v) is 10.7. The lowest BCUT2D eigenvalue weighted by Gasteiger charge is -2.49. The Morgan fingerprint density at radius 3 is 2.86 bits per heavy atom. The average molecular weight is 480 g/mol. The number of likely N-dealkylation sites (tertiary alicyclic amines) is 1. The molecule has 2 aromatic rings. The first-order valence-corrected chi connectivity index (χ1v) is 12.9. The highest BCUT2D eigenvalue weighted by Gasteiger charge is 2.48. The first-order valence-electron chi connectivity index (χ1n) is 12.9. The van der Waals surface area contributed by atoms with Gasteiger partial charge in [-0.1, -0.05) is 0 Å². The van der Waals surface area contributed by atoms with Gasteiger partial charge < -0.3 is 10.2 Å². The number of aryl methyl sites for hydroxylation is 1. The SMILES string of the molecule is Cc1cc(C2NNC3CC4NC(=O)N([C@@H]5CCCN(Cc6ccc(F)cn6)C5)CC4CC32)ccn1. The van der Waals surface area contributed by atoms with Gasteiger partial charge in [0.1, 0.15) is 5.82 Å². The number of aromatic nitrogens is 2. The Bertz CT molecular complexity index is 1070. The first-order chi connectivity index (χ1) is 17.0. The lowest BCUT2D eigenvalue weighted by atomic mass is 9.71. The second kappa shape index (κ2) is 9.44. The Morgan fingerprint density at radius 1 is 1.11 bits per heavy atom. The van der Waals surface area contributed by atoms with Crippen molar-refractivity contribution in [2.75, 3.05) is 19.6 Å². The molecular weight excluding hydrogens is 445 g/mol. The van der Waals surface area contributed by atoms with Gasteiger partial charge in [-0.3, -0.25) is 20.3 Å². The first kappa shape index (κ1) is 22.8. The van der Waals surface area contributed by atoms with Crippen LogP contribution in [0.25, 0.3) is 0 Å². The zero-order chi connectivity index (χ0) is 23.9. The van der Waals surface area contributed by atoms with Crippen LogP contribution in [-0.4, -0.2) is 63.6 Å². The molecule has 35 heavy (non-hydrogen) atoms. The molecule has 2 amide bonds. The van der Waals surface area contributed by atoms with Crippen LogP contribution in [0.4, 0.5) is 9.18 Å². The molecule has 1 aliphatic carbocycles. The second-order valence-electron chi connectivity index (χ2n) is 10.7. The number of nitrogens with zero attached hydrogens (tertiary/aromatic N) is 4. The molecule has 3 N–H and O–H groups in total. The summed E-state index contributed by atoms with van der Waals surface area (Å²) in [6, 6.07) is 8.61. The van der Waals surface area contributed by atoms with E-state index in [2.05, 4.69) is 48.1 Å². The van der Waals surface area contributed by atoms with Gasteiger partial charge in [0.25, 0.3) is 0 Å². The van der Waals surface area contributed by atoms with Crippen LogP contribution in [0.5, 0.6) is 0 Å². The summed E-state index contributed by atoms with van der Waals surface area (Å²) in [5, 5.41) is 3.35. The molecule has 4 aliphatic rings. The number of nitrogens with one attached hydrogen (secondary N) is 3. The van der Waals surface area contributed by atoms with Gasteiger partial charge in [0.2, 0.25) is 0 Å². The lowest BCUT2D eigenvalue weighted by molar-refractivity contribution is 0.0520. The van der Waals surface area contributed by atoms with Gasteiger partial charge in [0.05, 0.1) is 17.9 Å². The third-order valence-corrected chi connectivity index (χ3v) is 8.40. The molecule has 5 heterocycles. The maximum Gasteiger partial charge on any atom is 0.317 e. The van der Waals surface area contributed by atoms with E-state index in [1.54, 1.807) is 6.07 Å². The Kier molecular flexibility index (Phi) is 6.16. The van der Waals surface area contributed by atoms with E-state index in [9.17, 15) is 9.18 Å². The van der Waals surface area contributed by atoms with Gasteiger partial charge in [0, 0.05) is 49.7 Å².